The maximum atomic E-state index is 11.6. The summed E-state index contributed by atoms with van der Waals surface area (Å²) in [6.07, 6.45) is 3.34. The Kier molecular flexibility index (Phi) is 4.88. The fraction of sp³-hybridized carbons (Fsp3) is 0.333. The first-order valence-corrected chi connectivity index (χ1v) is 6.40. The summed E-state index contributed by atoms with van der Waals surface area (Å²) in [5.41, 5.74) is 0.237. The van der Waals surface area contributed by atoms with E-state index >= 15 is 0 Å². The number of carbonyl (C=O) groups excluding carboxylic acids is 2. The van der Waals surface area contributed by atoms with Crippen molar-refractivity contribution >= 4 is 39.4 Å². The van der Waals surface area contributed by atoms with Crippen LogP contribution in [0.2, 0.25) is 0 Å². The number of rotatable bonds is 4. The van der Waals surface area contributed by atoms with Crippen LogP contribution in [0.15, 0.2) is 15.8 Å². The van der Waals surface area contributed by atoms with E-state index in [1.54, 1.807) is 0 Å². The number of thioether (sulfide) groups is 1. The summed E-state index contributed by atoms with van der Waals surface area (Å²) in [6, 6.07) is 0. The zero-order valence-corrected chi connectivity index (χ0v) is 11.2. The van der Waals surface area contributed by atoms with Crippen LogP contribution in [0.5, 0.6) is 0 Å². The zero-order chi connectivity index (χ0) is 12.1. The monoisotopic (exact) mass is 303 g/mol. The van der Waals surface area contributed by atoms with E-state index in [9.17, 15) is 9.59 Å². The van der Waals surface area contributed by atoms with E-state index in [1.807, 2.05) is 6.26 Å². The van der Waals surface area contributed by atoms with Gasteiger partial charge in [-0.3, -0.25) is 9.59 Å². The van der Waals surface area contributed by atoms with E-state index in [-0.39, 0.29) is 23.9 Å². The minimum atomic E-state index is -0.389. The van der Waals surface area contributed by atoms with Gasteiger partial charge in [0.05, 0.1) is 11.0 Å². The Bertz CT molecular complexity index is 425. The van der Waals surface area contributed by atoms with Crippen LogP contribution in [-0.4, -0.2) is 34.5 Å². The summed E-state index contributed by atoms with van der Waals surface area (Å²) in [4.78, 5) is 30.4. The number of hydrogen-bond donors (Lipinski definition) is 1. The quantitative estimate of drug-likeness (QED) is 0.670. The molecule has 0 aliphatic heterocycles. The molecule has 7 heteroatoms. The molecule has 0 aliphatic rings. The van der Waals surface area contributed by atoms with Crippen molar-refractivity contribution < 1.29 is 9.59 Å². The molecule has 5 nitrogen and oxygen atoms in total. The SMILES string of the molecule is CSc1ncc(Br)c(C(=O)NCC(C)=O)n1. The van der Waals surface area contributed by atoms with Gasteiger partial charge in [0.25, 0.3) is 5.91 Å². The van der Waals surface area contributed by atoms with E-state index < -0.39 is 0 Å². The molecule has 0 saturated carbocycles. The van der Waals surface area contributed by atoms with Gasteiger partial charge in [0.2, 0.25) is 0 Å². The van der Waals surface area contributed by atoms with Gasteiger partial charge in [0, 0.05) is 6.20 Å². The number of Topliss-reactive ketones (excluding diaryl/α,β-unsaturated/α-hetero) is 1. The van der Waals surface area contributed by atoms with E-state index in [4.69, 9.17) is 0 Å². The Morgan fingerprint density at radius 3 is 2.81 bits per heavy atom. The molecule has 1 N–H and O–H groups in total. The van der Waals surface area contributed by atoms with E-state index in [1.165, 1.54) is 24.9 Å². The average Bonchev–Trinajstić information content (AvgIpc) is 2.26. The largest absolute Gasteiger partial charge is 0.344 e. The van der Waals surface area contributed by atoms with Crippen LogP contribution >= 0.6 is 27.7 Å². The molecule has 1 amide bonds. The third-order valence-corrected chi connectivity index (χ3v) is 2.76. The average molecular weight is 304 g/mol. The Labute approximate surface area is 106 Å². The summed E-state index contributed by atoms with van der Waals surface area (Å²) in [5, 5.41) is 2.98. The molecule has 1 rings (SSSR count). The first-order valence-electron chi connectivity index (χ1n) is 4.38. The molecule has 16 heavy (non-hydrogen) atoms. The van der Waals surface area contributed by atoms with Gasteiger partial charge in [-0.15, -0.1) is 0 Å². The fourth-order valence-corrected chi connectivity index (χ4v) is 1.61. The minimum Gasteiger partial charge on any atom is -0.344 e. The van der Waals surface area contributed by atoms with Crippen molar-refractivity contribution in [1.82, 2.24) is 15.3 Å². The molecule has 0 aliphatic carbocycles. The molecular formula is C9H10BrN3O2S. The summed E-state index contributed by atoms with van der Waals surface area (Å²) in [7, 11) is 0. The van der Waals surface area contributed by atoms with Crippen LogP contribution in [0.3, 0.4) is 0 Å². The van der Waals surface area contributed by atoms with Crippen molar-refractivity contribution in [2.24, 2.45) is 0 Å². The molecular weight excluding hydrogens is 294 g/mol. The van der Waals surface area contributed by atoms with Gasteiger partial charge in [0.15, 0.2) is 5.16 Å². The lowest BCUT2D eigenvalue weighted by Gasteiger charge is -2.05. The fourth-order valence-electron chi connectivity index (χ4n) is 0.897. The molecule has 0 aromatic carbocycles. The number of aromatic nitrogens is 2. The van der Waals surface area contributed by atoms with Crippen LogP contribution in [0.25, 0.3) is 0 Å². The van der Waals surface area contributed by atoms with Crippen LogP contribution in [0, 0.1) is 0 Å². The molecule has 0 atom stereocenters. The summed E-state index contributed by atoms with van der Waals surface area (Å²) < 4.78 is 0.506. The second-order valence-electron chi connectivity index (χ2n) is 2.94. The maximum Gasteiger partial charge on any atom is 0.271 e. The molecule has 0 unspecified atom stereocenters. The number of nitrogens with one attached hydrogen (secondary N) is 1. The third kappa shape index (κ3) is 3.57. The summed E-state index contributed by atoms with van der Waals surface area (Å²) in [5.74, 6) is -0.497. The highest BCUT2D eigenvalue weighted by atomic mass is 79.9. The number of nitrogens with zero attached hydrogens (tertiary/aromatic N) is 2. The molecule has 0 spiro atoms. The van der Waals surface area contributed by atoms with Gasteiger partial charge in [-0.2, -0.15) is 0 Å². The number of carbonyl (C=O) groups is 2. The topological polar surface area (TPSA) is 72.0 Å². The Balaban J connectivity index is 2.85. The number of hydrogen-bond acceptors (Lipinski definition) is 5. The van der Waals surface area contributed by atoms with Gasteiger partial charge < -0.3 is 5.32 Å². The van der Waals surface area contributed by atoms with Crippen LogP contribution < -0.4 is 5.32 Å². The van der Waals surface area contributed by atoms with Crippen molar-refractivity contribution in [3.8, 4) is 0 Å². The first-order chi connectivity index (χ1) is 7.54. The Morgan fingerprint density at radius 1 is 1.56 bits per heavy atom. The summed E-state index contributed by atoms with van der Waals surface area (Å²) >= 11 is 4.53. The smallest absolute Gasteiger partial charge is 0.271 e. The molecule has 86 valence electrons. The van der Waals surface area contributed by atoms with Crippen molar-refractivity contribution in [1.29, 1.82) is 0 Å². The number of ketones is 1. The molecule has 0 fully saturated rings. The van der Waals surface area contributed by atoms with Crippen molar-refractivity contribution in [2.75, 3.05) is 12.8 Å². The zero-order valence-electron chi connectivity index (χ0n) is 8.78. The standard InChI is InChI=1S/C9H10BrN3O2S/c1-5(14)3-11-8(15)7-6(10)4-12-9(13-7)16-2/h4H,3H2,1-2H3,(H,11,15). The Hall–Kier alpha value is -0.950. The lowest BCUT2D eigenvalue weighted by Crippen LogP contribution is -2.29. The first kappa shape index (κ1) is 13.1. The van der Waals surface area contributed by atoms with Crippen LogP contribution in [0.1, 0.15) is 17.4 Å². The van der Waals surface area contributed by atoms with Gasteiger partial charge >= 0.3 is 0 Å². The number of halogens is 1. The highest BCUT2D eigenvalue weighted by molar-refractivity contribution is 9.10. The molecule has 0 saturated heterocycles. The molecule has 0 radical (unpaired) electrons. The third-order valence-electron chi connectivity index (χ3n) is 1.62. The normalized spacial score (nSPS) is 9.94. The van der Waals surface area contributed by atoms with Crippen molar-refractivity contribution in [2.45, 2.75) is 12.1 Å². The lowest BCUT2D eigenvalue weighted by atomic mass is 10.3. The number of amides is 1. The highest BCUT2D eigenvalue weighted by Gasteiger charge is 2.13. The van der Waals surface area contributed by atoms with Gasteiger partial charge in [0.1, 0.15) is 11.5 Å². The van der Waals surface area contributed by atoms with E-state index in [0.29, 0.717) is 9.63 Å². The minimum absolute atomic E-state index is 0.00385. The lowest BCUT2D eigenvalue weighted by molar-refractivity contribution is -0.116. The van der Waals surface area contributed by atoms with Gasteiger partial charge in [-0.25, -0.2) is 9.97 Å². The van der Waals surface area contributed by atoms with E-state index in [2.05, 4.69) is 31.2 Å². The highest BCUT2D eigenvalue weighted by Crippen LogP contribution is 2.16. The second-order valence-corrected chi connectivity index (χ2v) is 4.57. The van der Waals surface area contributed by atoms with E-state index in [0.717, 1.165) is 0 Å². The van der Waals surface area contributed by atoms with Crippen LogP contribution in [-0.2, 0) is 4.79 Å². The van der Waals surface area contributed by atoms with Gasteiger partial charge in [-0.1, -0.05) is 11.8 Å². The van der Waals surface area contributed by atoms with Crippen molar-refractivity contribution in [3.63, 3.8) is 0 Å². The predicted molar refractivity (Wildman–Crippen MR) is 64.5 cm³/mol. The molecule has 1 aromatic rings. The summed E-state index contributed by atoms with van der Waals surface area (Å²) in [6.45, 7) is 1.41. The predicted octanol–water partition coefficient (Wildman–Crippen LogP) is 1.28. The Morgan fingerprint density at radius 2 is 2.25 bits per heavy atom. The van der Waals surface area contributed by atoms with Gasteiger partial charge in [-0.05, 0) is 29.1 Å². The second kappa shape index (κ2) is 5.95. The molecule has 0 bridgehead atoms. The molecule has 1 heterocycles. The van der Waals surface area contributed by atoms with Crippen molar-refractivity contribution in [3.05, 3.63) is 16.4 Å². The maximum absolute atomic E-state index is 11.6. The van der Waals surface area contributed by atoms with Crippen LogP contribution in [0.4, 0.5) is 0 Å². The molecule has 1 aromatic heterocycles.